The van der Waals surface area contributed by atoms with Crippen molar-refractivity contribution in [3.63, 3.8) is 0 Å². The summed E-state index contributed by atoms with van der Waals surface area (Å²) < 4.78 is 4.50. The van der Waals surface area contributed by atoms with Gasteiger partial charge in [0.2, 0.25) is 0 Å². The van der Waals surface area contributed by atoms with Gasteiger partial charge in [-0.05, 0) is 0 Å². The molecule has 0 spiro atoms. The van der Waals surface area contributed by atoms with Gasteiger partial charge in [0.15, 0.2) is 0 Å². The second-order valence-corrected chi connectivity index (χ2v) is 2.85. The van der Waals surface area contributed by atoms with E-state index in [9.17, 15) is 4.79 Å². The maximum Gasteiger partial charge on any atom is 0.306 e. The average Bonchev–Trinajstić information content (AvgIpc) is 1.95. The van der Waals surface area contributed by atoms with Crippen LogP contribution in [-0.4, -0.2) is 43.7 Å². The molecule has 1 fully saturated rings. The summed E-state index contributed by atoms with van der Waals surface area (Å²) in [6.07, 6.45) is 0.475. The van der Waals surface area contributed by atoms with Crippen molar-refractivity contribution < 1.29 is 9.53 Å². The molecule has 0 aromatic carbocycles. The van der Waals surface area contributed by atoms with E-state index >= 15 is 0 Å². The first-order valence-electron chi connectivity index (χ1n) is 3.77. The summed E-state index contributed by atoms with van der Waals surface area (Å²) in [4.78, 5) is 12.8. The number of likely N-dealkylation sites (tertiary alicyclic amines) is 1. The van der Waals surface area contributed by atoms with Crippen molar-refractivity contribution in [1.29, 1.82) is 0 Å². The Morgan fingerprint density at radius 3 is 2.82 bits per heavy atom. The Kier molecular flexibility index (Phi) is 2.84. The maximum absolute atomic E-state index is 10.7. The van der Waals surface area contributed by atoms with Gasteiger partial charge in [0.1, 0.15) is 0 Å². The molecule has 0 atom stereocenters. The van der Waals surface area contributed by atoms with Crippen LogP contribution in [0.25, 0.3) is 0 Å². The smallest absolute Gasteiger partial charge is 0.306 e. The van der Waals surface area contributed by atoms with Gasteiger partial charge in [-0.3, -0.25) is 9.69 Å². The minimum absolute atomic E-state index is 0.148. The molecule has 0 amide bonds. The van der Waals surface area contributed by atoms with Crippen molar-refractivity contribution in [3.8, 4) is 0 Å². The number of nitrogens with two attached hydrogens (primary N) is 1. The quantitative estimate of drug-likeness (QED) is 0.546. The fraction of sp³-hybridized carbons (Fsp3) is 0.857. The number of hydrogen-bond acceptors (Lipinski definition) is 4. The zero-order valence-corrected chi connectivity index (χ0v) is 6.75. The van der Waals surface area contributed by atoms with Crippen LogP contribution in [0.15, 0.2) is 0 Å². The summed E-state index contributed by atoms with van der Waals surface area (Å²) in [5.41, 5.74) is 5.55. The summed E-state index contributed by atoms with van der Waals surface area (Å²) in [5, 5.41) is 0. The van der Waals surface area contributed by atoms with Crippen molar-refractivity contribution in [3.05, 3.63) is 0 Å². The molecule has 0 aromatic rings. The largest absolute Gasteiger partial charge is 0.469 e. The SMILES string of the molecule is COC(=O)CCN1CC(N)C1. The monoisotopic (exact) mass is 158 g/mol. The molecule has 0 unspecified atom stereocenters. The molecule has 1 aliphatic heterocycles. The van der Waals surface area contributed by atoms with E-state index in [0.717, 1.165) is 19.6 Å². The fourth-order valence-electron chi connectivity index (χ4n) is 1.14. The Morgan fingerprint density at radius 1 is 1.73 bits per heavy atom. The van der Waals surface area contributed by atoms with Crippen LogP contribution < -0.4 is 5.73 Å². The Labute approximate surface area is 66.3 Å². The first-order chi connectivity index (χ1) is 5.22. The standard InChI is InChI=1S/C7H14N2O2/c1-11-7(10)2-3-9-4-6(8)5-9/h6H,2-5,8H2,1H3. The summed E-state index contributed by atoms with van der Waals surface area (Å²) in [6.45, 7) is 2.61. The lowest BCUT2D eigenvalue weighted by Crippen LogP contribution is -2.55. The van der Waals surface area contributed by atoms with Gasteiger partial charge >= 0.3 is 5.97 Å². The van der Waals surface area contributed by atoms with Gasteiger partial charge in [0.05, 0.1) is 13.5 Å². The first-order valence-corrected chi connectivity index (χ1v) is 3.77. The highest BCUT2D eigenvalue weighted by molar-refractivity contribution is 5.69. The van der Waals surface area contributed by atoms with Gasteiger partial charge in [-0.15, -0.1) is 0 Å². The van der Waals surface area contributed by atoms with Crippen LogP contribution >= 0.6 is 0 Å². The van der Waals surface area contributed by atoms with E-state index in [2.05, 4.69) is 9.64 Å². The van der Waals surface area contributed by atoms with Gasteiger partial charge in [0.25, 0.3) is 0 Å². The van der Waals surface area contributed by atoms with E-state index in [1.165, 1.54) is 7.11 Å². The Hall–Kier alpha value is -0.610. The number of ether oxygens (including phenoxy) is 1. The number of rotatable bonds is 3. The van der Waals surface area contributed by atoms with Crippen LogP contribution in [0.1, 0.15) is 6.42 Å². The third-order valence-electron chi connectivity index (χ3n) is 1.85. The van der Waals surface area contributed by atoms with Gasteiger partial charge in [-0.2, -0.15) is 0 Å². The number of carbonyl (C=O) groups excluding carboxylic acids is 1. The van der Waals surface area contributed by atoms with E-state index in [1.807, 2.05) is 0 Å². The third kappa shape index (κ3) is 2.48. The number of nitrogens with zero attached hydrogens (tertiary/aromatic N) is 1. The van der Waals surface area contributed by atoms with E-state index in [-0.39, 0.29) is 5.97 Å². The number of methoxy groups -OCH3 is 1. The molecule has 1 aliphatic rings. The molecule has 0 radical (unpaired) electrons. The van der Waals surface area contributed by atoms with Crippen molar-refractivity contribution >= 4 is 5.97 Å². The molecule has 1 saturated heterocycles. The van der Waals surface area contributed by atoms with Gasteiger partial charge in [0, 0.05) is 25.7 Å². The molecule has 4 heteroatoms. The molecule has 0 saturated carbocycles. The van der Waals surface area contributed by atoms with E-state index < -0.39 is 0 Å². The van der Waals surface area contributed by atoms with Crippen molar-refractivity contribution in [2.75, 3.05) is 26.7 Å². The van der Waals surface area contributed by atoms with Gasteiger partial charge in [-0.25, -0.2) is 0 Å². The second-order valence-electron chi connectivity index (χ2n) is 2.85. The van der Waals surface area contributed by atoms with Gasteiger partial charge < -0.3 is 10.5 Å². The zero-order chi connectivity index (χ0) is 8.27. The molecule has 4 nitrogen and oxygen atoms in total. The van der Waals surface area contributed by atoms with Crippen molar-refractivity contribution in [1.82, 2.24) is 4.90 Å². The summed E-state index contributed by atoms with van der Waals surface area (Å²) in [6, 6.07) is 0.313. The second kappa shape index (κ2) is 3.69. The highest BCUT2D eigenvalue weighted by Gasteiger charge is 2.22. The maximum atomic E-state index is 10.7. The molecule has 64 valence electrons. The Bertz CT molecular complexity index is 143. The van der Waals surface area contributed by atoms with E-state index in [1.54, 1.807) is 0 Å². The third-order valence-corrected chi connectivity index (χ3v) is 1.85. The van der Waals surface area contributed by atoms with Crippen LogP contribution in [0.5, 0.6) is 0 Å². The van der Waals surface area contributed by atoms with E-state index in [4.69, 9.17) is 5.73 Å². The predicted octanol–water partition coefficient (Wildman–Crippen LogP) is -0.808. The van der Waals surface area contributed by atoms with Crippen molar-refractivity contribution in [2.24, 2.45) is 5.73 Å². The molecule has 1 heterocycles. The van der Waals surface area contributed by atoms with Gasteiger partial charge in [-0.1, -0.05) is 0 Å². The average molecular weight is 158 g/mol. The highest BCUT2D eigenvalue weighted by atomic mass is 16.5. The molecule has 2 N–H and O–H groups in total. The normalized spacial score (nSPS) is 19.5. The number of esters is 1. The molecule has 1 rings (SSSR count). The summed E-state index contributed by atoms with van der Waals surface area (Å²) in [7, 11) is 1.41. The highest BCUT2D eigenvalue weighted by Crippen LogP contribution is 2.05. The van der Waals surface area contributed by atoms with Crippen LogP contribution in [0.4, 0.5) is 0 Å². The lowest BCUT2D eigenvalue weighted by atomic mass is 10.1. The minimum atomic E-state index is -0.148. The topological polar surface area (TPSA) is 55.6 Å². The number of carbonyl (C=O) groups is 1. The summed E-state index contributed by atoms with van der Waals surface area (Å²) in [5.74, 6) is -0.148. The number of hydrogen-bond donors (Lipinski definition) is 1. The van der Waals surface area contributed by atoms with Crippen molar-refractivity contribution in [2.45, 2.75) is 12.5 Å². The van der Waals surface area contributed by atoms with Crippen LogP contribution in [0, 0.1) is 0 Å². The van der Waals surface area contributed by atoms with Crippen LogP contribution in [-0.2, 0) is 9.53 Å². The Balaban J connectivity index is 2.00. The van der Waals surface area contributed by atoms with E-state index in [0.29, 0.717) is 12.5 Å². The minimum Gasteiger partial charge on any atom is -0.469 e. The molecule has 0 aromatic heterocycles. The Morgan fingerprint density at radius 2 is 2.36 bits per heavy atom. The molecular weight excluding hydrogens is 144 g/mol. The van der Waals surface area contributed by atoms with Crippen LogP contribution in [0.2, 0.25) is 0 Å². The predicted molar refractivity (Wildman–Crippen MR) is 41.0 cm³/mol. The fourth-order valence-corrected chi connectivity index (χ4v) is 1.14. The molecular formula is C7H14N2O2. The first kappa shape index (κ1) is 8.49. The molecule has 0 bridgehead atoms. The lowest BCUT2D eigenvalue weighted by Gasteiger charge is -2.36. The molecule has 0 aliphatic carbocycles. The molecule has 11 heavy (non-hydrogen) atoms. The summed E-state index contributed by atoms with van der Waals surface area (Å²) >= 11 is 0. The zero-order valence-electron chi connectivity index (χ0n) is 6.75. The van der Waals surface area contributed by atoms with Crippen LogP contribution in [0.3, 0.4) is 0 Å². The lowest BCUT2D eigenvalue weighted by molar-refractivity contribution is -0.141.